The van der Waals surface area contributed by atoms with E-state index in [-0.39, 0.29) is 18.1 Å². The first kappa shape index (κ1) is 17.7. The topological polar surface area (TPSA) is 70.6 Å². The predicted molar refractivity (Wildman–Crippen MR) is 98.4 cm³/mol. The van der Waals surface area contributed by atoms with Gasteiger partial charge in [-0.25, -0.2) is 4.79 Å². The molecule has 1 aliphatic rings. The van der Waals surface area contributed by atoms with E-state index in [2.05, 4.69) is 28.8 Å². The number of carbonyl (C=O) groups excluding carboxylic acids is 1. The lowest BCUT2D eigenvalue weighted by atomic mass is 9.92. The number of urea groups is 1. The van der Waals surface area contributed by atoms with Crippen LogP contribution in [-0.2, 0) is 11.3 Å². The van der Waals surface area contributed by atoms with Crippen LogP contribution in [0, 0.1) is 5.92 Å². The SMILES string of the molecule is O=C(NCCC(O)C1CCOCC1)NCc1cccc2ccccc12. The van der Waals surface area contributed by atoms with Gasteiger partial charge in [0.15, 0.2) is 0 Å². The minimum Gasteiger partial charge on any atom is -0.393 e. The first-order chi connectivity index (χ1) is 12.2. The summed E-state index contributed by atoms with van der Waals surface area (Å²) in [5, 5.41) is 18.2. The summed E-state index contributed by atoms with van der Waals surface area (Å²) in [6, 6.07) is 14.0. The molecule has 0 spiro atoms. The van der Waals surface area contributed by atoms with Crippen molar-refractivity contribution in [2.75, 3.05) is 19.8 Å². The summed E-state index contributed by atoms with van der Waals surface area (Å²) in [7, 11) is 0. The van der Waals surface area contributed by atoms with Gasteiger partial charge in [0.1, 0.15) is 0 Å². The van der Waals surface area contributed by atoms with Gasteiger partial charge in [0.05, 0.1) is 6.10 Å². The third-order valence-electron chi connectivity index (χ3n) is 4.86. The molecule has 3 rings (SSSR count). The van der Waals surface area contributed by atoms with Gasteiger partial charge in [0.2, 0.25) is 0 Å². The number of benzene rings is 2. The second-order valence-electron chi connectivity index (χ2n) is 6.55. The molecule has 1 atom stereocenters. The highest BCUT2D eigenvalue weighted by Crippen LogP contribution is 2.20. The van der Waals surface area contributed by atoms with Crippen LogP contribution in [-0.4, -0.2) is 37.0 Å². The Hall–Kier alpha value is -2.11. The number of hydrogen-bond acceptors (Lipinski definition) is 3. The number of hydrogen-bond donors (Lipinski definition) is 3. The second-order valence-corrected chi connectivity index (χ2v) is 6.55. The predicted octanol–water partition coefficient (Wildman–Crippen LogP) is 2.82. The summed E-state index contributed by atoms with van der Waals surface area (Å²) in [5.74, 6) is 0.286. The van der Waals surface area contributed by atoms with E-state index in [0.29, 0.717) is 19.5 Å². The Balaban J connectivity index is 1.42. The maximum Gasteiger partial charge on any atom is 0.315 e. The van der Waals surface area contributed by atoms with Crippen LogP contribution in [0.3, 0.4) is 0 Å². The van der Waals surface area contributed by atoms with Crippen LogP contribution >= 0.6 is 0 Å². The average molecular weight is 342 g/mol. The molecule has 5 nitrogen and oxygen atoms in total. The molecule has 1 saturated heterocycles. The van der Waals surface area contributed by atoms with Crippen LogP contribution in [0.15, 0.2) is 42.5 Å². The fourth-order valence-corrected chi connectivity index (χ4v) is 3.35. The van der Waals surface area contributed by atoms with Crippen LogP contribution < -0.4 is 10.6 Å². The van der Waals surface area contributed by atoms with Gasteiger partial charge < -0.3 is 20.5 Å². The number of carbonyl (C=O) groups is 1. The molecule has 1 heterocycles. The minimum absolute atomic E-state index is 0.202. The summed E-state index contributed by atoms with van der Waals surface area (Å²) < 4.78 is 5.31. The molecule has 1 fully saturated rings. The Morgan fingerprint density at radius 2 is 1.88 bits per heavy atom. The van der Waals surface area contributed by atoms with Gasteiger partial charge in [-0.2, -0.15) is 0 Å². The molecular formula is C20H26N2O3. The van der Waals surface area contributed by atoms with Gasteiger partial charge in [0.25, 0.3) is 0 Å². The van der Waals surface area contributed by atoms with Crippen LogP contribution in [0.2, 0.25) is 0 Å². The van der Waals surface area contributed by atoms with Crippen molar-refractivity contribution in [3.8, 4) is 0 Å². The van der Waals surface area contributed by atoms with E-state index in [0.717, 1.165) is 37.0 Å². The average Bonchev–Trinajstić information content (AvgIpc) is 2.67. The Kier molecular flexibility index (Phi) is 6.25. The van der Waals surface area contributed by atoms with Crippen LogP contribution in [0.5, 0.6) is 0 Å². The quantitative estimate of drug-likeness (QED) is 0.756. The zero-order valence-electron chi connectivity index (χ0n) is 14.4. The van der Waals surface area contributed by atoms with E-state index >= 15 is 0 Å². The van der Waals surface area contributed by atoms with Gasteiger partial charge >= 0.3 is 6.03 Å². The summed E-state index contributed by atoms with van der Waals surface area (Å²) in [6.45, 7) is 2.40. The molecule has 0 aromatic heterocycles. The number of amides is 2. The highest BCUT2D eigenvalue weighted by Gasteiger charge is 2.21. The molecule has 2 aromatic carbocycles. The largest absolute Gasteiger partial charge is 0.393 e. The molecular weight excluding hydrogens is 316 g/mol. The summed E-state index contributed by atoms with van der Waals surface area (Å²) in [6.07, 6.45) is 2.00. The number of rotatable bonds is 6. The second kappa shape index (κ2) is 8.83. The van der Waals surface area contributed by atoms with Crippen molar-refractivity contribution in [3.63, 3.8) is 0 Å². The van der Waals surface area contributed by atoms with Crippen LogP contribution in [0.1, 0.15) is 24.8 Å². The molecule has 0 saturated carbocycles. The third-order valence-corrected chi connectivity index (χ3v) is 4.86. The number of ether oxygens (including phenoxy) is 1. The fraction of sp³-hybridized carbons (Fsp3) is 0.450. The van der Waals surface area contributed by atoms with Crippen LogP contribution in [0.25, 0.3) is 10.8 Å². The van der Waals surface area contributed by atoms with Gasteiger partial charge in [-0.05, 0) is 41.5 Å². The molecule has 2 aromatic rings. The zero-order valence-corrected chi connectivity index (χ0v) is 14.4. The Bertz CT molecular complexity index is 693. The third kappa shape index (κ3) is 4.94. The molecule has 3 N–H and O–H groups in total. The van der Waals surface area contributed by atoms with Crippen LogP contribution in [0.4, 0.5) is 4.79 Å². The Labute approximate surface area is 148 Å². The first-order valence-corrected chi connectivity index (χ1v) is 8.98. The Morgan fingerprint density at radius 1 is 1.12 bits per heavy atom. The van der Waals surface area contributed by atoms with E-state index < -0.39 is 0 Å². The zero-order chi connectivity index (χ0) is 17.5. The first-order valence-electron chi connectivity index (χ1n) is 8.98. The monoisotopic (exact) mass is 342 g/mol. The number of fused-ring (bicyclic) bond motifs is 1. The lowest BCUT2D eigenvalue weighted by molar-refractivity contribution is 0.00545. The molecule has 0 radical (unpaired) electrons. The summed E-state index contributed by atoms with van der Waals surface area (Å²) in [4.78, 5) is 12.0. The molecule has 5 heteroatoms. The molecule has 1 unspecified atom stereocenters. The van der Waals surface area contributed by atoms with E-state index in [1.807, 2.05) is 24.3 Å². The molecule has 0 aliphatic carbocycles. The number of aliphatic hydroxyl groups is 1. The van der Waals surface area contributed by atoms with Gasteiger partial charge in [0, 0.05) is 26.3 Å². The minimum atomic E-state index is -0.373. The van der Waals surface area contributed by atoms with Gasteiger partial charge in [-0.3, -0.25) is 0 Å². The lowest BCUT2D eigenvalue weighted by Gasteiger charge is -2.26. The molecule has 25 heavy (non-hydrogen) atoms. The highest BCUT2D eigenvalue weighted by molar-refractivity contribution is 5.86. The number of aliphatic hydroxyl groups excluding tert-OH is 1. The maximum atomic E-state index is 12.0. The molecule has 134 valence electrons. The van der Waals surface area contributed by atoms with E-state index in [9.17, 15) is 9.90 Å². The van der Waals surface area contributed by atoms with Gasteiger partial charge in [-0.1, -0.05) is 42.5 Å². The molecule has 2 amide bonds. The van der Waals surface area contributed by atoms with Crippen molar-refractivity contribution in [3.05, 3.63) is 48.0 Å². The van der Waals surface area contributed by atoms with E-state index in [1.54, 1.807) is 0 Å². The van der Waals surface area contributed by atoms with Crippen molar-refractivity contribution in [1.82, 2.24) is 10.6 Å². The van der Waals surface area contributed by atoms with E-state index in [4.69, 9.17) is 4.74 Å². The van der Waals surface area contributed by atoms with Crippen molar-refractivity contribution >= 4 is 16.8 Å². The number of nitrogens with one attached hydrogen (secondary N) is 2. The van der Waals surface area contributed by atoms with Crippen molar-refractivity contribution in [2.24, 2.45) is 5.92 Å². The highest BCUT2D eigenvalue weighted by atomic mass is 16.5. The maximum absolute atomic E-state index is 12.0. The van der Waals surface area contributed by atoms with Crippen molar-refractivity contribution in [1.29, 1.82) is 0 Å². The van der Waals surface area contributed by atoms with Crippen molar-refractivity contribution < 1.29 is 14.6 Å². The van der Waals surface area contributed by atoms with E-state index in [1.165, 1.54) is 5.39 Å². The van der Waals surface area contributed by atoms with Gasteiger partial charge in [-0.15, -0.1) is 0 Å². The molecule has 0 bridgehead atoms. The smallest absolute Gasteiger partial charge is 0.315 e. The summed E-state index contributed by atoms with van der Waals surface area (Å²) >= 11 is 0. The normalized spacial score (nSPS) is 16.5. The summed E-state index contributed by atoms with van der Waals surface area (Å²) in [5.41, 5.74) is 1.09. The Morgan fingerprint density at radius 3 is 2.72 bits per heavy atom. The lowest BCUT2D eigenvalue weighted by Crippen LogP contribution is -2.38. The fourth-order valence-electron chi connectivity index (χ4n) is 3.35. The molecule has 1 aliphatic heterocycles. The van der Waals surface area contributed by atoms with Crippen molar-refractivity contribution in [2.45, 2.75) is 31.9 Å². The standard InChI is InChI=1S/C20H26N2O3/c23-19(16-9-12-25-13-10-16)8-11-21-20(24)22-14-17-6-3-5-15-4-1-2-7-18(15)17/h1-7,16,19,23H,8-14H2,(H2,21,22,24).